The summed E-state index contributed by atoms with van der Waals surface area (Å²) in [6.45, 7) is 3.68. The average molecular weight is 408 g/mol. The lowest BCUT2D eigenvalue weighted by Gasteiger charge is -2.19. The summed E-state index contributed by atoms with van der Waals surface area (Å²) in [6, 6.07) is 18.5. The second-order valence-corrected chi connectivity index (χ2v) is 8.04. The van der Waals surface area contributed by atoms with E-state index in [1.165, 1.54) is 23.1 Å². The van der Waals surface area contributed by atoms with Crippen LogP contribution in [0.25, 0.3) is 0 Å². The van der Waals surface area contributed by atoms with Crippen molar-refractivity contribution in [1.29, 1.82) is 0 Å². The molecule has 0 saturated carbocycles. The Morgan fingerprint density at radius 3 is 2.17 bits per heavy atom. The normalized spacial score (nSPS) is 11.7. The third-order valence-electron chi connectivity index (χ3n) is 4.68. The van der Waals surface area contributed by atoms with E-state index < -0.39 is 15.7 Å². The van der Waals surface area contributed by atoms with E-state index in [-0.39, 0.29) is 22.1 Å². The predicted molar refractivity (Wildman–Crippen MR) is 113 cm³/mol. The summed E-state index contributed by atoms with van der Waals surface area (Å²) in [6.07, 6.45) is 0. The van der Waals surface area contributed by atoms with Gasteiger partial charge in [0, 0.05) is 29.3 Å². The van der Waals surface area contributed by atoms with E-state index in [9.17, 15) is 19.1 Å². The van der Waals surface area contributed by atoms with E-state index >= 15 is 0 Å². The minimum absolute atomic E-state index is 0.0689. The van der Waals surface area contributed by atoms with Gasteiger partial charge in [0.25, 0.3) is 11.6 Å². The summed E-state index contributed by atoms with van der Waals surface area (Å²) in [7, 11) is -0.108. The van der Waals surface area contributed by atoms with Crippen molar-refractivity contribution in [3.05, 3.63) is 93.5 Å². The fourth-order valence-corrected chi connectivity index (χ4v) is 4.39. The Kier molecular flexibility index (Phi) is 5.89. The maximum Gasteiger partial charge on any atom is 0.286 e. The molecule has 1 amide bonds. The average Bonchev–Trinajstić information content (AvgIpc) is 2.72. The van der Waals surface area contributed by atoms with Crippen LogP contribution in [-0.2, 0) is 10.8 Å². The van der Waals surface area contributed by atoms with E-state index in [1.54, 1.807) is 32.2 Å². The molecular weight excluding hydrogens is 388 g/mol. The monoisotopic (exact) mass is 408 g/mol. The molecule has 0 saturated heterocycles. The third-order valence-corrected chi connectivity index (χ3v) is 6.28. The SMILES string of the molecule is Cc1ccccc1N(C)C(=O)c1ccc(S(=O)c2ccccc2C)c([N+](=O)[O-])c1. The van der Waals surface area contributed by atoms with Crippen LogP contribution in [0.2, 0.25) is 0 Å². The van der Waals surface area contributed by atoms with E-state index in [2.05, 4.69) is 0 Å². The Morgan fingerprint density at radius 2 is 1.55 bits per heavy atom. The molecule has 29 heavy (non-hydrogen) atoms. The Bertz CT molecular complexity index is 1130. The Labute approximate surface area is 171 Å². The van der Waals surface area contributed by atoms with Crippen LogP contribution in [-0.4, -0.2) is 22.1 Å². The number of para-hydroxylation sites is 1. The number of carbonyl (C=O) groups is 1. The van der Waals surface area contributed by atoms with Crippen LogP contribution >= 0.6 is 0 Å². The first kappa shape index (κ1) is 20.4. The van der Waals surface area contributed by atoms with Crippen molar-refractivity contribution in [2.75, 3.05) is 11.9 Å². The largest absolute Gasteiger partial charge is 0.311 e. The summed E-state index contributed by atoms with van der Waals surface area (Å²) in [4.78, 5) is 26.0. The summed E-state index contributed by atoms with van der Waals surface area (Å²) in [5, 5.41) is 11.7. The predicted octanol–water partition coefficient (Wildman–Crippen LogP) is 4.65. The summed E-state index contributed by atoms with van der Waals surface area (Å²) in [5.74, 6) is -0.379. The minimum Gasteiger partial charge on any atom is -0.311 e. The molecule has 0 fully saturated rings. The fourth-order valence-electron chi connectivity index (χ4n) is 3.08. The number of anilines is 1. The minimum atomic E-state index is -1.73. The van der Waals surface area contributed by atoms with Crippen LogP contribution in [0.5, 0.6) is 0 Å². The molecule has 0 radical (unpaired) electrons. The molecule has 148 valence electrons. The Balaban J connectivity index is 2.01. The number of hydrogen-bond donors (Lipinski definition) is 0. The Morgan fingerprint density at radius 1 is 0.931 bits per heavy atom. The number of nitro benzene ring substituents is 1. The second-order valence-electron chi connectivity index (χ2n) is 6.62. The van der Waals surface area contributed by atoms with Gasteiger partial charge in [0.05, 0.1) is 15.7 Å². The number of benzene rings is 3. The van der Waals surface area contributed by atoms with Crippen molar-refractivity contribution in [3.63, 3.8) is 0 Å². The van der Waals surface area contributed by atoms with Crippen LogP contribution in [0.3, 0.4) is 0 Å². The van der Waals surface area contributed by atoms with Crippen molar-refractivity contribution in [3.8, 4) is 0 Å². The van der Waals surface area contributed by atoms with Crippen LogP contribution in [0, 0.1) is 24.0 Å². The van der Waals surface area contributed by atoms with Gasteiger partial charge in [0.15, 0.2) is 0 Å². The van der Waals surface area contributed by atoms with E-state index in [0.717, 1.165) is 11.1 Å². The van der Waals surface area contributed by atoms with Crippen LogP contribution < -0.4 is 4.90 Å². The molecule has 0 N–H and O–H groups in total. The van der Waals surface area contributed by atoms with Gasteiger partial charge in [0.2, 0.25) is 0 Å². The van der Waals surface area contributed by atoms with Crippen molar-refractivity contribution < 1.29 is 13.9 Å². The smallest absolute Gasteiger partial charge is 0.286 e. The highest BCUT2D eigenvalue weighted by Gasteiger charge is 2.25. The molecule has 3 rings (SSSR count). The van der Waals surface area contributed by atoms with Crippen molar-refractivity contribution in [1.82, 2.24) is 0 Å². The standard InChI is InChI=1S/C22H20N2O4S/c1-15-8-4-6-10-18(15)23(3)22(25)17-12-13-21(19(14-17)24(26)27)29(28)20-11-7-5-9-16(20)2/h4-14H,1-3H3. The van der Waals surface area contributed by atoms with Crippen molar-refractivity contribution in [2.45, 2.75) is 23.6 Å². The van der Waals surface area contributed by atoms with E-state index in [4.69, 9.17) is 0 Å². The van der Waals surface area contributed by atoms with Gasteiger partial charge in [0.1, 0.15) is 4.90 Å². The van der Waals surface area contributed by atoms with Crippen LogP contribution in [0.1, 0.15) is 21.5 Å². The maximum absolute atomic E-state index is 13.0. The number of carbonyl (C=O) groups excluding carboxylic acids is 1. The Hall–Kier alpha value is -3.32. The highest BCUT2D eigenvalue weighted by Crippen LogP contribution is 2.30. The van der Waals surface area contributed by atoms with Crippen LogP contribution in [0.15, 0.2) is 76.5 Å². The summed E-state index contributed by atoms with van der Waals surface area (Å²) < 4.78 is 13.0. The maximum atomic E-state index is 13.0. The molecule has 0 heterocycles. The quantitative estimate of drug-likeness (QED) is 0.454. The number of nitrogens with zero attached hydrogens (tertiary/aromatic N) is 2. The van der Waals surface area contributed by atoms with Gasteiger partial charge >= 0.3 is 0 Å². The van der Waals surface area contributed by atoms with Gasteiger partial charge in [-0.3, -0.25) is 14.9 Å². The second kappa shape index (κ2) is 8.36. The first-order valence-corrected chi connectivity index (χ1v) is 10.1. The summed E-state index contributed by atoms with van der Waals surface area (Å²) in [5.41, 5.74) is 2.23. The zero-order valence-corrected chi connectivity index (χ0v) is 17.1. The lowest BCUT2D eigenvalue weighted by molar-refractivity contribution is -0.387. The number of amides is 1. The van der Waals surface area contributed by atoms with Gasteiger partial charge in [-0.1, -0.05) is 36.4 Å². The molecule has 0 aliphatic rings. The molecule has 0 bridgehead atoms. The van der Waals surface area contributed by atoms with Crippen LogP contribution in [0.4, 0.5) is 11.4 Å². The molecule has 1 atom stereocenters. The molecule has 7 heteroatoms. The van der Waals surface area contributed by atoms with Gasteiger partial charge < -0.3 is 4.90 Å². The third kappa shape index (κ3) is 4.09. The molecule has 6 nitrogen and oxygen atoms in total. The molecule has 0 aromatic heterocycles. The molecule has 0 aliphatic carbocycles. The van der Waals surface area contributed by atoms with Gasteiger partial charge in [-0.25, -0.2) is 4.21 Å². The molecule has 0 spiro atoms. The molecule has 3 aromatic carbocycles. The lowest BCUT2D eigenvalue weighted by Crippen LogP contribution is -2.27. The first-order chi connectivity index (χ1) is 13.8. The molecule has 1 unspecified atom stereocenters. The van der Waals surface area contributed by atoms with E-state index in [0.29, 0.717) is 10.6 Å². The van der Waals surface area contributed by atoms with Crippen molar-refractivity contribution >= 4 is 28.1 Å². The van der Waals surface area contributed by atoms with E-state index in [1.807, 2.05) is 37.3 Å². The number of aryl methyl sites for hydroxylation is 2. The van der Waals surface area contributed by atoms with Gasteiger partial charge in [-0.05, 0) is 49.2 Å². The van der Waals surface area contributed by atoms with Gasteiger partial charge in [-0.2, -0.15) is 0 Å². The zero-order valence-electron chi connectivity index (χ0n) is 16.3. The fraction of sp³-hybridized carbons (Fsp3) is 0.136. The molecule has 0 aliphatic heterocycles. The first-order valence-electron chi connectivity index (χ1n) is 8.90. The highest BCUT2D eigenvalue weighted by molar-refractivity contribution is 7.85. The highest BCUT2D eigenvalue weighted by atomic mass is 32.2. The van der Waals surface area contributed by atoms with Gasteiger partial charge in [-0.15, -0.1) is 0 Å². The zero-order chi connectivity index (χ0) is 21.1. The van der Waals surface area contributed by atoms with Crippen molar-refractivity contribution in [2.24, 2.45) is 0 Å². The lowest BCUT2D eigenvalue weighted by atomic mass is 10.1. The topological polar surface area (TPSA) is 80.5 Å². The molecule has 3 aromatic rings. The number of rotatable bonds is 5. The molecular formula is C22H20N2O4S. The summed E-state index contributed by atoms with van der Waals surface area (Å²) >= 11 is 0. The number of hydrogen-bond acceptors (Lipinski definition) is 4. The number of nitro groups is 1.